The van der Waals surface area contributed by atoms with Crippen LogP contribution in [0.15, 0.2) is 0 Å². The molecule has 1 aliphatic heterocycles. The lowest BCUT2D eigenvalue weighted by Gasteiger charge is -2.22. The quantitative estimate of drug-likeness (QED) is 0.618. The second-order valence-electron chi connectivity index (χ2n) is 5.12. The molecular weight excluding hydrogens is 166 g/mol. The number of fused-ring (bicyclic) bond motifs is 1. The fraction of sp³-hybridized carbons (Fsp3) is 0.900. The standard InChI is InChI=1S/C10H17NO2/c1-9(2,3)13-8(12)10-4-5-11-7(10)6-10/h7,11H,4-6H2,1-3H3/t7-,10-/m1/s1. The smallest absolute Gasteiger partial charge is 0.314 e. The lowest BCUT2D eigenvalue weighted by molar-refractivity contribution is -0.161. The number of carbonyl (C=O) groups is 1. The molecule has 0 amide bonds. The van der Waals surface area contributed by atoms with Crippen molar-refractivity contribution in [2.24, 2.45) is 5.41 Å². The van der Waals surface area contributed by atoms with Crippen molar-refractivity contribution >= 4 is 5.97 Å². The number of nitrogens with one attached hydrogen (secondary N) is 1. The van der Waals surface area contributed by atoms with Gasteiger partial charge in [0.25, 0.3) is 0 Å². The van der Waals surface area contributed by atoms with Gasteiger partial charge in [0.15, 0.2) is 0 Å². The number of esters is 1. The number of rotatable bonds is 1. The molecule has 2 rings (SSSR count). The van der Waals surface area contributed by atoms with Gasteiger partial charge >= 0.3 is 5.97 Å². The van der Waals surface area contributed by atoms with E-state index < -0.39 is 0 Å². The van der Waals surface area contributed by atoms with E-state index in [9.17, 15) is 4.79 Å². The highest BCUT2D eigenvalue weighted by Crippen LogP contribution is 2.53. The Hall–Kier alpha value is -0.570. The number of carbonyl (C=O) groups excluding carboxylic acids is 1. The van der Waals surface area contributed by atoms with Crippen LogP contribution in [0.2, 0.25) is 0 Å². The van der Waals surface area contributed by atoms with E-state index >= 15 is 0 Å². The van der Waals surface area contributed by atoms with Gasteiger partial charge in [-0.15, -0.1) is 0 Å². The minimum Gasteiger partial charge on any atom is -0.459 e. The van der Waals surface area contributed by atoms with Gasteiger partial charge in [-0.1, -0.05) is 0 Å². The van der Waals surface area contributed by atoms with Crippen LogP contribution in [0.25, 0.3) is 0 Å². The van der Waals surface area contributed by atoms with Gasteiger partial charge in [-0.2, -0.15) is 0 Å². The molecule has 3 heteroatoms. The summed E-state index contributed by atoms with van der Waals surface area (Å²) in [5.41, 5.74) is -0.491. The van der Waals surface area contributed by atoms with E-state index in [-0.39, 0.29) is 17.0 Å². The molecule has 0 aromatic rings. The minimum absolute atomic E-state index is 0.00463. The highest BCUT2D eigenvalue weighted by Gasteiger charge is 2.64. The molecule has 2 fully saturated rings. The van der Waals surface area contributed by atoms with Crippen LogP contribution in [0.3, 0.4) is 0 Å². The highest BCUT2D eigenvalue weighted by atomic mass is 16.6. The van der Waals surface area contributed by atoms with Crippen LogP contribution < -0.4 is 5.32 Å². The molecule has 13 heavy (non-hydrogen) atoms. The second kappa shape index (κ2) is 2.47. The maximum Gasteiger partial charge on any atom is 0.314 e. The third kappa shape index (κ3) is 1.46. The zero-order chi connectivity index (χ0) is 9.69. The van der Waals surface area contributed by atoms with Gasteiger partial charge in [0.1, 0.15) is 5.60 Å². The van der Waals surface area contributed by atoms with Gasteiger partial charge in [-0.25, -0.2) is 0 Å². The average Bonchev–Trinajstić information content (AvgIpc) is 2.52. The molecule has 1 heterocycles. The first kappa shape index (κ1) is 9.00. The molecule has 2 aliphatic rings. The largest absolute Gasteiger partial charge is 0.459 e. The molecule has 2 atom stereocenters. The van der Waals surface area contributed by atoms with Gasteiger partial charge in [0, 0.05) is 6.04 Å². The van der Waals surface area contributed by atoms with Crippen LogP contribution in [0, 0.1) is 5.41 Å². The summed E-state index contributed by atoms with van der Waals surface area (Å²) in [6.07, 6.45) is 1.93. The van der Waals surface area contributed by atoms with Gasteiger partial charge in [0.05, 0.1) is 5.41 Å². The van der Waals surface area contributed by atoms with Crippen LogP contribution >= 0.6 is 0 Å². The molecule has 0 aromatic carbocycles. The normalized spacial score (nSPS) is 37.0. The first-order chi connectivity index (χ1) is 5.94. The Kier molecular flexibility index (Phi) is 1.71. The SMILES string of the molecule is CC(C)(C)OC(=O)[C@@]12CCN[C@@H]1C2. The fourth-order valence-electron chi connectivity index (χ4n) is 2.03. The Labute approximate surface area is 78.8 Å². The summed E-state index contributed by atoms with van der Waals surface area (Å²) in [6, 6.07) is 0.405. The highest BCUT2D eigenvalue weighted by molar-refractivity contribution is 5.82. The lowest BCUT2D eigenvalue weighted by atomic mass is 10.0. The van der Waals surface area contributed by atoms with Crippen LogP contribution in [-0.4, -0.2) is 24.2 Å². The maximum absolute atomic E-state index is 11.8. The number of hydrogen-bond acceptors (Lipinski definition) is 3. The van der Waals surface area contributed by atoms with E-state index in [1.807, 2.05) is 20.8 Å². The second-order valence-corrected chi connectivity index (χ2v) is 5.12. The van der Waals surface area contributed by atoms with Crippen molar-refractivity contribution in [3.05, 3.63) is 0 Å². The summed E-state index contributed by atoms with van der Waals surface area (Å²) >= 11 is 0. The van der Waals surface area contributed by atoms with Crippen molar-refractivity contribution in [2.45, 2.75) is 45.3 Å². The third-order valence-electron chi connectivity index (χ3n) is 2.84. The van der Waals surface area contributed by atoms with Crippen LogP contribution in [0.1, 0.15) is 33.6 Å². The van der Waals surface area contributed by atoms with E-state index in [0.29, 0.717) is 6.04 Å². The van der Waals surface area contributed by atoms with E-state index in [0.717, 1.165) is 19.4 Å². The molecule has 3 nitrogen and oxygen atoms in total. The molecule has 0 spiro atoms. The van der Waals surface area contributed by atoms with Crippen molar-refractivity contribution in [1.29, 1.82) is 0 Å². The number of hydrogen-bond donors (Lipinski definition) is 1. The van der Waals surface area contributed by atoms with Crippen LogP contribution in [0.4, 0.5) is 0 Å². The minimum atomic E-state index is -0.346. The van der Waals surface area contributed by atoms with Gasteiger partial charge < -0.3 is 10.1 Å². The zero-order valence-corrected chi connectivity index (χ0v) is 8.52. The van der Waals surface area contributed by atoms with Gasteiger partial charge in [-0.3, -0.25) is 4.79 Å². The summed E-state index contributed by atoms with van der Waals surface area (Å²) in [5.74, 6) is -0.00463. The van der Waals surface area contributed by atoms with E-state index in [2.05, 4.69) is 5.32 Å². The Morgan fingerprint density at radius 1 is 1.54 bits per heavy atom. The summed E-state index contributed by atoms with van der Waals surface area (Å²) in [6.45, 7) is 6.72. The Morgan fingerprint density at radius 2 is 2.23 bits per heavy atom. The third-order valence-corrected chi connectivity index (χ3v) is 2.84. The Balaban J connectivity index is 1.99. The van der Waals surface area contributed by atoms with E-state index in [1.54, 1.807) is 0 Å². The summed E-state index contributed by atoms with van der Waals surface area (Å²) in [4.78, 5) is 11.8. The number of ether oxygens (including phenoxy) is 1. The average molecular weight is 183 g/mol. The summed E-state index contributed by atoms with van der Waals surface area (Å²) in [5, 5.41) is 3.30. The van der Waals surface area contributed by atoms with Crippen LogP contribution in [0.5, 0.6) is 0 Å². The van der Waals surface area contributed by atoms with Gasteiger partial charge in [-0.05, 0) is 40.2 Å². The molecule has 0 bridgehead atoms. The molecular formula is C10H17NO2. The predicted molar refractivity (Wildman–Crippen MR) is 49.3 cm³/mol. The topological polar surface area (TPSA) is 38.3 Å². The molecule has 0 radical (unpaired) electrons. The van der Waals surface area contributed by atoms with Gasteiger partial charge in [0.2, 0.25) is 0 Å². The maximum atomic E-state index is 11.8. The molecule has 0 aromatic heterocycles. The van der Waals surface area contributed by atoms with E-state index in [1.165, 1.54) is 0 Å². The molecule has 0 unspecified atom stereocenters. The lowest BCUT2D eigenvalue weighted by Crippen LogP contribution is -2.30. The van der Waals surface area contributed by atoms with Crippen molar-refractivity contribution in [3.8, 4) is 0 Å². The Morgan fingerprint density at radius 3 is 2.62 bits per heavy atom. The monoisotopic (exact) mass is 183 g/mol. The number of piperidine rings is 1. The first-order valence-corrected chi connectivity index (χ1v) is 4.91. The molecule has 1 saturated carbocycles. The van der Waals surface area contributed by atoms with Crippen LogP contribution in [-0.2, 0) is 9.53 Å². The molecule has 74 valence electrons. The Bertz CT molecular complexity index is 244. The van der Waals surface area contributed by atoms with Crippen molar-refractivity contribution in [1.82, 2.24) is 5.32 Å². The molecule has 1 aliphatic carbocycles. The van der Waals surface area contributed by atoms with Crippen molar-refractivity contribution in [3.63, 3.8) is 0 Å². The summed E-state index contributed by atoms with van der Waals surface area (Å²) in [7, 11) is 0. The van der Waals surface area contributed by atoms with Crippen molar-refractivity contribution in [2.75, 3.05) is 6.54 Å². The molecule has 1 N–H and O–H groups in total. The fourth-order valence-corrected chi connectivity index (χ4v) is 2.03. The predicted octanol–water partition coefficient (Wildman–Crippen LogP) is 1.08. The first-order valence-electron chi connectivity index (χ1n) is 4.91. The summed E-state index contributed by atoms with van der Waals surface area (Å²) < 4.78 is 5.39. The zero-order valence-electron chi connectivity index (χ0n) is 8.52. The molecule has 1 saturated heterocycles. The van der Waals surface area contributed by atoms with E-state index in [4.69, 9.17) is 4.74 Å². The van der Waals surface area contributed by atoms with Crippen molar-refractivity contribution < 1.29 is 9.53 Å².